The van der Waals surface area contributed by atoms with Gasteiger partial charge in [0.05, 0.1) is 15.6 Å². The first-order valence-electron chi connectivity index (χ1n) is 6.10. The van der Waals surface area contributed by atoms with Gasteiger partial charge in [0, 0.05) is 17.2 Å². The lowest BCUT2D eigenvalue weighted by Crippen LogP contribution is -2.13. The minimum atomic E-state index is -0.343. The maximum atomic E-state index is 12.1. The third kappa shape index (κ3) is 3.14. The van der Waals surface area contributed by atoms with Crippen molar-refractivity contribution in [3.63, 3.8) is 0 Å². The summed E-state index contributed by atoms with van der Waals surface area (Å²) < 4.78 is 0. The molecular weight excluding hydrogens is 297 g/mol. The average molecular weight is 312 g/mol. The van der Waals surface area contributed by atoms with Crippen molar-refractivity contribution in [2.24, 2.45) is 0 Å². The molecule has 2 aromatic rings. The zero-order valence-corrected chi connectivity index (χ0v) is 12.9. The van der Waals surface area contributed by atoms with Crippen LogP contribution in [0.3, 0.4) is 0 Å². The summed E-state index contributed by atoms with van der Waals surface area (Å²) in [5, 5.41) is 10.2. The Hall–Kier alpha value is -1.52. The van der Waals surface area contributed by atoms with Crippen LogP contribution in [0.25, 0.3) is 0 Å². The molecule has 0 aliphatic carbocycles. The van der Waals surface area contributed by atoms with Crippen LogP contribution in [0, 0.1) is 0 Å². The Kier molecular flexibility index (Phi) is 4.06. The number of hydrogen-bond donors (Lipinski definition) is 2. The summed E-state index contributed by atoms with van der Waals surface area (Å²) in [6, 6.07) is 6.72. The Morgan fingerprint density at radius 2 is 2.00 bits per heavy atom. The van der Waals surface area contributed by atoms with Gasteiger partial charge in [0.15, 0.2) is 5.82 Å². The van der Waals surface area contributed by atoms with E-state index in [-0.39, 0.29) is 16.3 Å². The Morgan fingerprint density at radius 1 is 1.30 bits per heavy atom. The van der Waals surface area contributed by atoms with E-state index >= 15 is 0 Å². The molecule has 0 spiro atoms. The minimum Gasteiger partial charge on any atom is -0.305 e. The van der Waals surface area contributed by atoms with Gasteiger partial charge in [0.25, 0.3) is 5.91 Å². The van der Waals surface area contributed by atoms with Crippen LogP contribution in [-0.4, -0.2) is 16.1 Å². The molecule has 1 heterocycles. The lowest BCUT2D eigenvalue weighted by atomic mass is 9.92. The highest BCUT2D eigenvalue weighted by atomic mass is 35.5. The van der Waals surface area contributed by atoms with Crippen molar-refractivity contribution in [1.29, 1.82) is 0 Å². The number of anilines is 1. The standard InChI is InChI=1S/C14H15Cl2N3O/c1-14(2,3)10-7-11(19-18-10)17-13(20)8-5-4-6-9(15)12(8)16/h4-7H,1-3H3,(H2,17,18,19,20). The number of carbonyl (C=O) groups excluding carboxylic acids is 1. The Balaban J connectivity index is 2.20. The summed E-state index contributed by atoms with van der Waals surface area (Å²) in [6.45, 7) is 6.17. The number of H-pyrrole nitrogens is 1. The average Bonchev–Trinajstić information content (AvgIpc) is 2.81. The molecule has 0 aliphatic rings. The van der Waals surface area contributed by atoms with E-state index in [2.05, 4.69) is 36.3 Å². The van der Waals surface area contributed by atoms with Gasteiger partial charge in [-0.2, -0.15) is 5.10 Å². The molecule has 1 aromatic carbocycles. The van der Waals surface area contributed by atoms with E-state index in [1.54, 1.807) is 24.3 Å². The predicted octanol–water partition coefficient (Wildman–Crippen LogP) is 4.27. The molecule has 1 aromatic heterocycles. The number of aromatic nitrogens is 2. The van der Waals surface area contributed by atoms with Crippen molar-refractivity contribution < 1.29 is 4.79 Å². The van der Waals surface area contributed by atoms with E-state index in [9.17, 15) is 4.79 Å². The van der Waals surface area contributed by atoms with E-state index in [0.717, 1.165) is 5.69 Å². The number of benzene rings is 1. The number of rotatable bonds is 2. The molecule has 106 valence electrons. The molecule has 0 bridgehead atoms. The fraction of sp³-hybridized carbons (Fsp3) is 0.286. The van der Waals surface area contributed by atoms with Crippen LogP contribution < -0.4 is 5.32 Å². The molecule has 1 amide bonds. The van der Waals surface area contributed by atoms with E-state index in [1.165, 1.54) is 0 Å². The van der Waals surface area contributed by atoms with Crippen LogP contribution >= 0.6 is 23.2 Å². The quantitative estimate of drug-likeness (QED) is 0.870. The lowest BCUT2D eigenvalue weighted by Gasteiger charge is -2.14. The van der Waals surface area contributed by atoms with Gasteiger partial charge in [-0.1, -0.05) is 50.0 Å². The number of hydrogen-bond acceptors (Lipinski definition) is 2. The molecule has 4 nitrogen and oxygen atoms in total. The maximum absolute atomic E-state index is 12.1. The predicted molar refractivity (Wildman–Crippen MR) is 81.7 cm³/mol. The van der Waals surface area contributed by atoms with E-state index in [1.807, 2.05) is 0 Å². The third-order valence-corrected chi connectivity index (χ3v) is 3.64. The van der Waals surface area contributed by atoms with Crippen LogP contribution in [-0.2, 0) is 5.41 Å². The molecule has 20 heavy (non-hydrogen) atoms. The SMILES string of the molecule is CC(C)(C)c1cc(NC(=O)c2cccc(Cl)c2Cl)n[nH]1. The molecule has 0 fully saturated rings. The van der Waals surface area contributed by atoms with Gasteiger partial charge in [0.1, 0.15) is 0 Å². The van der Waals surface area contributed by atoms with Crippen molar-refractivity contribution in [2.45, 2.75) is 26.2 Å². The largest absolute Gasteiger partial charge is 0.305 e. The number of aromatic amines is 1. The Morgan fingerprint density at radius 3 is 2.60 bits per heavy atom. The number of amides is 1. The van der Waals surface area contributed by atoms with Gasteiger partial charge in [-0.15, -0.1) is 0 Å². The molecule has 0 atom stereocenters. The van der Waals surface area contributed by atoms with Gasteiger partial charge < -0.3 is 5.32 Å². The van der Waals surface area contributed by atoms with Gasteiger partial charge in [0.2, 0.25) is 0 Å². The smallest absolute Gasteiger partial charge is 0.258 e. The Bertz CT molecular complexity index is 644. The monoisotopic (exact) mass is 311 g/mol. The molecular formula is C14H15Cl2N3O. The fourth-order valence-corrected chi connectivity index (χ4v) is 2.02. The zero-order valence-electron chi connectivity index (χ0n) is 11.4. The highest BCUT2D eigenvalue weighted by molar-refractivity contribution is 6.44. The van der Waals surface area contributed by atoms with Crippen LogP contribution in [0.15, 0.2) is 24.3 Å². The Labute approximate surface area is 127 Å². The number of nitrogens with one attached hydrogen (secondary N) is 2. The first-order chi connectivity index (χ1) is 9.29. The normalized spacial score (nSPS) is 11.4. The van der Waals surface area contributed by atoms with Crippen LogP contribution in [0.2, 0.25) is 10.0 Å². The molecule has 0 saturated heterocycles. The highest BCUT2D eigenvalue weighted by Gasteiger charge is 2.18. The van der Waals surface area contributed by atoms with Crippen LogP contribution in [0.4, 0.5) is 5.82 Å². The fourth-order valence-electron chi connectivity index (χ4n) is 1.63. The van der Waals surface area contributed by atoms with Crippen LogP contribution in [0.5, 0.6) is 0 Å². The summed E-state index contributed by atoms with van der Waals surface area (Å²) in [6.07, 6.45) is 0. The molecule has 2 rings (SSSR count). The molecule has 2 N–H and O–H groups in total. The molecule has 6 heteroatoms. The van der Waals surface area contributed by atoms with Gasteiger partial charge in [-0.05, 0) is 12.1 Å². The van der Waals surface area contributed by atoms with Crippen molar-refractivity contribution in [3.05, 3.63) is 45.6 Å². The van der Waals surface area contributed by atoms with Gasteiger partial charge in [-0.25, -0.2) is 0 Å². The second-order valence-corrected chi connectivity index (χ2v) is 6.26. The van der Waals surface area contributed by atoms with E-state index < -0.39 is 0 Å². The van der Waals surface area contributed by atoms with Crippen molar-refractivity contribution in [2.75, 3.05) is 5.32 Å². The summed E-state index contributed by atoms with van der Waals surface area (Å²) in [7, 11) is 0. The second-order valence-electron chi connectivity index (χ2n) is 5.47. The molecule has 0 unspecified atom stereocenters. The van der Waals surface area contributed by atoms with Crippen molar-refractivity contribution in [3.8, 4) is 0 Å². The first kappa shape index (κ1) is 14.9. The van der Waals surface area contributed by atoms with Crippen molar-refractivity contribution >= 4 is 34.9 Å². The molecule has 0 aliphatic heterocycles. The summed E-state index contributed by atoms with van der Waals surface area (Å²) in [5.74, 6) is 0.112. The number of halogens is 2. The summed E-state index contributed by atoms with van der Waals surface area (Å²) in [4.78, 5) is 12.1. The second kappa shape index (κ2) is 5.46. The number of carbonyl (C=O) groups is 1. The van der Waals surface area contributed by atoms with Crippen LogP contribution in [0.1, 0.15) is 36.8 Å². The maximum Gasteiger partial charge on any atom is 0.258 e. The third-order valence-electron chi connectivity index (χ3n) is 2.82. The van der Waals surface area contributed by atoms with E-state index in [4.69, 9.17) is 23.2 Å². The number of nitrogens with zero attached hydrogens (tertiary/aromatic N) is 1. The molecule has 0 radical (unpaired) electrons. The summed E-state index contributed by atoms with van der Waals surface area (Å²) >= 11 is 11.9. The first-order valence-corrected chi connectivity index (χ1v) is 6.86. The van der Waals surface area contributed by atoms with Gasteiger partial charge >= 0.3 is 0 Å². The lowest BCUT2D eigenvalue weighted by molar-refractivity contribution is 0.102. The zero-order chi connectivity index (χ0) is 14.9. The van der Waals surface area contributed by atoms with Crippen molar-refractivity contribution in [1.82, 2.24) is 10.2 Å². The topological polar surface area (TPSA) is 57.8 Å². The van der Waals surface area contributed by atoms with Gasteiger partial charge in [-0.3, -0.25) is 9.89 Å². The van der Waals surface area contributed by atoms with E-state index in [0.29, 0.717) is 16.4 Å². The highest BCUT2D eigenvalue weighted by Crippen LogP contribution is 2.26. The molecule has 0 saturated carbocycles. The minimum absolute atomic E-state index is 0.0658. The summed E-state index contributed by atoms with van der Waals surface area (Å²) in [5.41, 5.74) is 1.19.